The molecule has 1 rings (SSSR count). The average molecular weight is 206 g/mol. The van der Waals surface area contributed by atoms with Gasteiger partial charge in [-0.1, -0.05) is 19.9 Å². The lowest BCUT2D eigenvalue weighted by molar-refractivity contribution is -0.140. The Balaban J connectivity index is 3.22. The second-order valence-corrected chi connectivity index (χ2v) is 3.39. The Kier molecular flexibility index (Phi) is 2.83. The molecule has 0 heterocycles. The topological polar surface area (TPSA) is 0 Å². The Morgan fingerprint density at radius 2 is 1.71 bits per heavy atom. The summed E-state index contributed by atoms with van der Waals surface area (Å²) in [5.74, 6) is -1.27. The maximum Gasteiger partial charge on any atom is 0.419 e. The fraction of sp³-hybridized carbons (Fsp3) is 0.400. The van der Waals surface area contributed by atoms with Crippen molar-refractivity contribution in [2.24, 2.45) is 0 Å². The fourth-order valence-electron chi connectivity index (χ4n) is 1.12. The molecule has 0 nitrogen and oxygen atoms in total. The third kappa shape index (κ3) is 2.25. The maximum atomic E-state index is 12.8. The Morgan fingerprint density at radius 1 is 1.14 bits per heavy atom. The van der Waals surface area contributed by atoms with Gasteiger partial charge in [-0.25, -0.2) is 4.39 Å². The summed E-state index contributed by atoms with van der Waals surface area (Å²) in [7, 11) is 0. The molecule has 0 saturated carbocycles. The fourth-order valence-corrected chi connectivity index (χ4v) is 1.12. The van der Waals surface area contributed by atoms with Gasteiger partial charge in [-0.3, -0.25) is 0 Å². The summed E-state index contributed by atoms with van der Waals surface area (Å²) in [6.07, 6.45) is -4.62. The van der Waals surface area contributed by atoms with Gasteiger partial charge >= 0.3 is 6.18 Å². The first kappa shape index (κ1) is 11.0. The highest BCUT2D eigenvalue weighted by Gasteiger charge is 2.34. The molecule has 4 heteroatoms. The van der Waals surface area contributed by atoms with Crippen LogP contribution in [0, 0.1) is 5.82 Å². The molecule has 0 saturated heterocycles. The third-order valence-corrected chi connectivity index (χ3v) is 1.96. The summed E-state index contributed by atoms with van der Waals surface area (Å²) in [6, 6.07) is 3.09. The van der Waals surface area contributed by atoms with Gasteiger partial charge in [0.05, 0.1) is 5.56 Å². The van der Waals surface area contributed by atoms with Crippen LogP contribution in [0.5, 0.6) is 0 Å². The van der Waals surface area contributed by atoms with Crippen molar-refractivity contribution < 1.29 is 17.6 Å². The third-order valence-electron chi connectivity index (χ3n) is 1.96. The SMILES string of the molecule is CC(C)c1ccc(F)c(C(F)(F)F)c1. The molecule has 0 radical (unpaired) electrons. The van der Waals surface area contributed by atoms with E-state index in [2.05, 4.69) is 0 Å². The Morgan fingerprint density at radius 3 is 2.14 bits per heavy atom. The van der Waals surface area contributed by atoms with Crippen molar-refractivity contribution in [2.75, 3.05) is 0 Å². The van der Waals surface area contributed by atoms with Gasteiger partial charge in [-0.2, -0.15) is 13.2 Å². The lowest BCUT2D eigenvalue weighted by atomic mass is 10.0. The molecule has 0 aliphatic carbocycles. The maximum absolute atomic E-state index is 12.8. The van der Waals surface area contributed by atoms with Crippen LogP contribution in [-0.2, 0) is 6.18 Å². The van der Waals surface area contributed by atoms with E-state index in [9.17, 15) is 17.6 Å². The standard InChI is InChI=1S/C10H10F4/c1-6(2)7-3-4-9(11)8(5-7)10(12,13)14/h3-6H,1-2H3. The van der Waals surface area contributed by atoms with Crippen LogP contribution in [0.2, 0.25) is 0 Å². The van der Waals surface area contributed by atoms with Crippen LogP contribution in [0.3, 0.4) is 0 Å². The minimum atomic E-state index is -4.62. The lowest BCUT2D eigenvalue weighted by Crippen LogP contribution is -2.09. The summed E-state index contributed by atoms with van der Waals surface area (Å²) >= 11 is 0. The Bertz CT molecular complexity index is 325. The molecule has 0 spiro atoms. The zero-order chi connectivity index (χ0) is 10.9. The van der Waals surface area contributed by atoms with E-state index >= 15 is 0 Å². The summed E-state index contributed by atoms with van der Waals surface area (Å²) in [4.78, 5) is 0. The molecule has 0 amide bonds. The predicted molar refractivity (Wildman–Crippen MR) is 45.5 cm³/mol. The van der Waals surface area contributed by atoms with Gasteiger partial charge in [0, 0.05) is 0 Å². The number of alkyl halides is 3. The van der Waals surface area contributed by atoms with Crippen LogP contribution in [0.1, 0.15) is 30.9 Å². The molecule has 0 fully saturated rings. The van der Waals surface area contributed by atoms with Crippen LogP contribution in [0.4, 0.5) is 17.6 Å². The van der Waals surface area contributed by atoms with Gasteiger partial charge < -0.3 is 0 Å². The van der Waals surface area contributed by atoms with E-state index in [-0.39, 0.29) is 5.92 Å². The molecule has 0 aliphatic heterocycles. The Hall–Kier alpha value is -1.06. The number of benzene rings is 1. The van der Waals surface area contributed by atoms with Crippen molar-refractivity contribution >= 4 is 0 Å². The molecule has 0 N–H and O–H groups in total. The quantitative estimate of drug-likeness (QED) is 0.610. The van der Waals surface area contributed by atoms with Crippen molar-refractivity contribution in [1.82, 2.24) is 0 Å². The van der Waals surface area contributed by atoms with Gasteiger partial charge in [0.25, 0.3) is 0 Å². The second-order valence-electron chi connectivity index (χ2n) is 3.39. The van der Waals surface area contributed by atoms with E-state index < -0.39 is 17.6 Å². The molecule has 0 aliphatic rings. The second kappa shape index (κ2) is 3.59. The highest BCUT2D eigenvalue weighted by molar-refractivity contribution is 5.29. The molecule has 1 aromatic carbocycles. The first-order valence-corrected chi connectivity index (χ1v) is 4.19. The van der Waals surface area contributed by atoms with Crippen molar-refractivity contribution in [2.45, 2.75) is 25.9 Å². The highest BCUT2D eigenvalue weighted by Crippen LogP contribution is 2.33. The van der Waals surface area contributed by atoms with E-state index in [0.29, 0.717) is 5.56 Å². The molecule has 0 atom stereocenters. The summed E-state index contributed by atoms with van der Waals surface area (Å²) in [5, 5.41) is 0. The van der Waals surface area contributed by atoms with Crippen LogP contribution in [-0.4, -0.2) is 0 Å². The number of hydrogen-bond donors (Lipinski definition) is 0. The molecular formula is C10H10F4. The van der Waals surface area contributed by atoms with Gasteiger partial charge in [-0.15, -0.1) is 0 Å². The monoisotopic (exact) mass is 206 g/mol. The minimum Gasteiger partial charge on any atom is -0.206 e. The zero-order valence-electron chi connectivity index (χ0n) is 7.82. The van der Waals surface area contributed by atoms with Gasteiger partial charge in [-0.05, 0) is 23.6 Å². The normalized spacial score (nSPS) is 12.2. The first-order chi connectivity index (χ1) is 6.32. The van der Waals surface area contributed by atoms with Crippen molar-refractivity contribution in [3.05, 3.63) is 35.1 Å². The molecular weight excluding hydrogens is 196 g/mol. The van der Waals surface area contributed by atoms with E-state index in [1.54, 1.807) is 13.8 Å². The van der Waals surface area contributed by atoms with Crippen LogP contribution in [0.15, 0.2) is 18.2 Å². The van der Waals surface area contributed by atoms with Crippen LogP contribution >= 0.6 is 0 Å². The number of halogens is 4. The van der Waals surface area contributed by atoms with E-state index in [1.165, 1.54) is 6.07 Å². The molecule has 1 aromatic rings. The summed E-state index contributed by atoms with van der Waals surface area (Å²) in [5.41, 5.74) is -0.706. The van der Waals surface area contributed by atoms with Crippen molar-refractivity contribution in [3.8, 4) is 0 Å². The van der Waals surface area contributed by atoms with Crippen molar-refractivity contribution in [1.29, 1.82) is 0 Å². The van der Waals surface area contributed by atoms with E-state index in [4.69, 9.17) is 0 Å². The summed E-state index contributed by atoms with van der Waals surface area (Å²) in [6.45, 7) is 3.51. The van der Waals surface area contributed by atoms with E-state index in [1.807, 2.05) is 0 Å². The van der Waals surface area contributed by atoms with Gasteiger partial charge in [0.1, 0.15) is 5.82 Å². The number of hydrogen-bond acceptors (Lipinski definition) is 0. The summed E-state index contributed by atoms with van der Waals surface area (Å²) < 4.78 is 49.6. The average Bonchev–Trinajstić information content (AvgIpc) is 2.02. The van der Waals surface area contributed by atoms with E-state index in [0.717, 1.165) is 12.1 Å². The first-order valence-electron chi connectivity index (χ1n) is 4.19. The highest BCUT2D eigenvalue weighted by atomic mass is 19.4. The van der Waals surface area contributed by atoms with Gasteiger partial charge in [0.2, 0.25) is 0 Å². The van der Waals surface area contributed by atoms with Crippen LogP contribution in [0.25, 0.3) is 0 Å². The molecule has 14 heavy (non-hydrogen) atoms. The lowest BCUT2D eigenvalue weighted by Gasteiger charge is -2.11. The minimum absolute atomic E-state index is 0.0447. The Labute approximate surface area is 79.6 Å². The largest absolute Gasteiger partial charge is 0.419 e. The van der Waals surface area contributed by atoms with Gasteiger partial charge in [0.15, 0.2) is 0 Å². The zero-order valence-corrected chi connectivity index (χ0v) is 7.82. The number of rotatable bonds is 1. The molecule has 0 unspecified atom stereocenters. The van der Waals surface area contributed by atoms with Crippen molar-refractivity contribution in [3.63, 3.8) is 0 Å². The predicted octanol–water partition coefficient (Wildman–Crippen LogP) is 3.97. The molecule has 78 valence electrons. The smallest absolute Gasteiger partial charge is 0.206 e. The molecule has 0 bridgehead atoms. The van der Waals surface area contributed by atoms with Crippen LogP contribution < -0.4 is 0 Å². The molecule has 0 aromatic heterocycles.